The zero-order valence-electron chi connectivity index (χ0n) is 80.7. The number of esters is 4. The van der Waals surface area contributed by atoms with Gasteiger partial charge in [-0.25, -0.2) is 19.2 Å². The fourth-order valence-electron chi connectivity index (χ4n) is 31.6. The highest BCUT2D eigenvalue weighted by molar-refractivity contribution is 5.91. The highest BCUT2D eigenvalue weighted by Gasteiger charge is 2.64. The molecular weight excluding hydrogens is 1710 g/mol. The molecule has 16 fully saturated rings. The van der Waals surface area contributed by atoms with Gasteiger partial charge < -0.3 is 78.0 Å². The van der Waals surface area contributed by atoms with Crippen LogP contribution in [-0.2, 0) is 51.1 Å². The van der Waals surface area contributed by atoms with E-state index >= 15 is 0 Å². The first kappa shape index (κ1) is 92.5. The van der Waals surface area contributed by atoms with Crippen LogP contribution in [0, 0.1) is 92.7 Å². The number of aromatic hydroxyl groups is 4. The lowest BCUT2D eigenvalue weighted by Gasteiger charge is -2.63. The summed E-state index contributed by atoms with van der Waals surface area (Å²) in [6.07, 6.45) is 23.4. The molecule has 0 spiro atoms. The maximum Gasteiger partial charge on any atom is 0.338 e. The van der Waals surface area contributed by atoms with Crippen molar-refractivity contribution in [2.45, 2.75) is 243 Å². The number of aliphatic hydroxyl groups excluding tert-OH is 2. The van der Waals surface area contributed by atoms with Gasteiger partial charge in [0.1, 0.15) is 60.9 Å². The standard InChI is InChI=1S/C116H136O20/c1-109-51-65-35-79(55-109)113(5,80(36-65)56-109)133-31-27-129-105(123)73-19-11-69(12-20-73)101-88-46-90(96(120)44-78(88)64-118)103(71-15-23-75(24-16-71)107(125)131-29-33-135-115(7)83-39-67-40-84(115)60-111(3,53-67)59-83)94-48-92(98(122)50-100(94)128-10)104(72-17-25-76(26-18-72)108(126)132-30-34-136-116(8)85-41-68-42-86(116)62-112(4,54-68)61-85)93-47-91(97(121)49-99(93)127-9)102(87-45-89(101)95(119)43-77(87)63-117)70-13-21-74(22-14-70)106(124)130-28-32-134-114(6)81-37-66-38-82(114)58-110(2,52-66)57-81/h11-26,43-50,65-68,79-86,101-104,117-122H,27-42,51-64H2,1-10H3. The fraction of sp³-hybridized carbons (Fsp3) is 0.552. The molecule has 16 saturated carbocycles. The van der Waals surface area contributed by atoms with E-state index in [1.165, 1.54) is 64.2 Å². The maximum absolute atomic E-state index is 14.5. The zero-order chi connectivity index (χ0) is 94.7. The third-order valence-corrected chi connectivity index (χ3v) is 37.5. The number of ether oxygens (including phenoxy) is 10. The molecule has 136 heavy (non-hydrogen) atoms. The first-order chi connectivity index (χ1) is 65.2. The Balaban J connectivity index is 0.673. The molecule has 6 N–H and O–H groups in total. The van der Waals surface area contributed by atoms with Gasteiger partial charge in [0.2, 0.25) is 0 Å². The van der Waals surface area contributed by atoms with Crippen molar-refractivity contribution in [3.63, 3.8) is 0 Å². The molecule has 12 atom stereocenters. The van der Waals surface area contributed by atoms with Gasteiger partial charge in [0.25, 0.3) is 0 Å². The monoisotopic (exact) mass is 1850 g/mol. The summed E-state index contributed by atoms with van der Waals surface area (Å²) in [4.78, 5) is 57.9. The summed E-state index contributed by atoms with van der Waals surface area (Å²) in [5.74, 6) is -1.01. The number of fused-ring (bicyclic) bond motifs is 8. The van der Waals surface area contributed by atoms with Crippen LogP contribution in [0.1, 0.15) is 327 Å². The van der Waals surface area contributed by atoms with Crippen molar-refractivity contribution in [1.29, 1.82) is 0 Å². The molecule has 12 unspecified atom stereocenters. The van der Waals surface area contributed by atoms with Crippen LogP contribution in [0.15, 0.2) is 146 Å². The summed E-state index contributed by atoms with van der Waals surface area (Å²) in [5.41, 5.74) is 6.13. The van der Waals surface area contributed by atoms with E-state index in [-0.39, 0.29) is 165 Å². The van der Waals surface area contributed by atoms with Crippen molar-refractivity contribution in [2.75, 3.05) is 67.1 Å². The molecule has 0 heterocycles. The Kier molecular flexibility index (Phi) is 24.0. The molecule has 0 saturated heterocycles. The number of phenolic OH excluding ortho intramolecular Hbond substituents is 4. The lowest BCUT2D eigenvalue weighted by Crippen LogP contribution is -2.60. The van der Waals surface area contributed by atoms with Gasteiger partial charge in [-0.1, -0.05) is 76.2 Å². The van der Waals surface area contributed by atoms with Gasteiger partial charge in [-0.05, 0) is 378 Å². The maximum atomic E-state index is 14.5. The van der Waals surface area contributed by atoms with Crippen LogP contribution < -0.4 is 9.47 Å². The van der Waals surface area contributed by atoms with Crippen LogP contribution in [0.25, 0.3) is 0 Å². The number of carbonyl (C=O) groups excluding carboxylic acids is 4. The minimum Gasteiger partial charge on any atom is -0.508 e. The minimum absolute atomic E-state index is 0.0250. The van der Waals surface area contributed by atoms with E-state index in [1.54, 1.807) is 121 Å². The Bertz CT molecular complexity index is 5130. The molecule has 0 radical (unpaired) electrons. The van der Waals surface area contributed by atoms with Crippen LogP contribution in [-0.4, -0.2) is 144 Å². The number of aliphatic hydroxyl groups is 2. The Morgan fingerprint density at radius 1 is 0.272 bits per heavy atom. The second-order valence-corrected chi connectivity index (χ2v) is 46.4. The van der Waals surface area contributed by atoms with E-state index in [4.69, 9.17) is 47.4 Å². The first-order valence-electron chi connectivity index (χ1n) is 50.6. The van der Waals surface area contributed by atoms with Crippen LogP contribution in [0.5, 0.6) is 34.5 Å². The third kappa shape index (κ3) is 16.5. The summed E-state index contributed by atoms with van der Waals surface area (Å²) in [7, 11) is 2.96. The average molecular weight is 1850 g/mol. The molecule has 0 aliphatic heterocycles. The van der Waals surface area contributed by atoms with Gasteiger partial charge in [-0.3, -0.25) is 0 Å². The molecule has 20 nitrogen and oxygen atoms in total. The van der Waals surface area contributed by atoms with Crippen LogP contribution >= 0.6 is 0 Å². The van der Waals surface area contributed by atoms with Gasteiger partial charge in [-0.2, -0.15) is 0 Å². The summed E-state index contributed by atoms with van der Waals surface area (Å²) in [5, 5.41) is 77.1. The zero-order valence-corrected chi connectivity index (χ0v) is 80.7. The average Bonchev–Trinajstić information content (AvgIpc) is 0.542. The molecule has 20 heteroatoms. The summed E-state index contributed by atoms with van der Waals surface area (Å²) in [6, 6.07) is 40.6. The second-order valence-electron chi connectivity index (χ2n) is 46.4. The molecule has 720 valence electrons. The highest BCUT2D eigenvalue weighted by atomic mass is 16.6. The number of methoxy groups -OCH3 is 2. The Labute approximate surface area is 799 Å². The van der Waals surface area contributed by atoms with Gasteiger partial charge in [0.15, 0.2) is 0 Å². The smallest absolute Gasteiger partial charge is 0.338 e. The largest absolute Gasteiger partial charge is 0.508 e. The van der Waals surface area contributed by atoms with E-state index in [0.717, 1.165) is 126 Å². The molecule has 0 aromatic heterocycles. The predicted octanol–water partition coefficient (Wildman–Crippen LogP) is 21.7. The highest BCUT2D eigenvalue weighted by Crippen LogP contribution is 2.69. The summed E-state index contributed by atoms with van der Waals surface area (Å²) in [6.45, 7) is 18.5. The van der Waals surface area contributed by atoms with Crippen molar-refractivity contribution in [2.24, 2.45) is 92.7 Å². The van der Waals surface area contributed by atoms with E-state index in [2.05, 4.69) is 55.4 Å². The molecule has 0 amide bonds. The van der Waals surface area contributed by atoms with E-state index < -0.39 is 60.8 Å². The molecule has 25 rings (SSSR count). The molecule has 24 bridgehead atoms. The van der Waals surface area contributed by atoms with Gasteiger partial charge in [0.05, 0.1) is 98.5 Å². The molecule has 8 aromatic carbocycles. The number of hydrogen-bond acceptors (Lipinski definition) is 20. The molecule has 8 aromatic rings. The van der Waals surface area contributed by atoms with Crippen molar-refractivity contribution >= 4 is 23.9 Å². The predicted molar refractivity (Wildman–Crippen MR) is 512 cm³/mol. The van der Waals surface area contributed by atoms with Crippen molar-refractivity contribution in [3.8, 4) is 34.5 Å². The van der Waals surface area contributed by atoms with Crippen molar-refractivity contribution < 1.29 is 97.2 Å². The van der Waals surface area contributed by atoms with E-state index in [0.29, 0.717) is 114 Å². The lowest BCUT2D eigenvalue weighted by molar-refractivity contribution is -0.216. The fourth-order valence-corrected chi connectivity index (χ4v) is 31.6. The number of rotatable bonds is 28. The molecule has 17 aliphatic carbocycles. The van der Waals surface area contributed by atoms with Gasteiger partial charge in [-0.15, -0.1) is 0 Å². The minimum atomic E-state index is -1.12. The number of carbonyl (C=O) groups is 4. The van der Waals surface area contributed by atoms with Crippen molar-refractivity contribution in [1.82, 2.24) is 0 Å². The second kappa shape index (κ2) is 35.2. The topological polar surface area (TPSA) is 282 Å². The van der Waals surface area contributed by atoms with Gasteiger partial charge in [0, 0.05) is 69.2 Å². The molecule has 17 aliphatic rings. The Morgan fingerprint density at radius 3 is 0.684 bits per heavy atom. The van der Waals surface area contributed by atoms with Crippen molar-refractivity contribution in [3.05, 3.63) is 246 Å². The number of benzene rings is 8. The Hall–Kier alpha value is -9.80. The van der Waals surface area contributed by atoms with Crippen LogP contribution in [0.4, 0.5) is 0 Å². The third-order valence-electron chi connectivity index (χ3n) is 37.5. The first-order valence-corrected chi connectivity index (χ1v) is 50.6. The van der Waals surface area contributed by atoms with Crippen LogP contribution in [0.2, 0.25) is 0 Å². The van der Waals surface area contributed by atoms with Crippen LogP contribution in [0.3, 0.4) is 0 Å². The van der Waals surface area contributed by atoms with E-state index in [9.17, 15) is 49.8 Å². The number of hydrogen-bond donors (Lipinski definition) is 6. The Morgan fingerprint density at radius 2 is 0.478 bits per heavy atom. The summed E-state index contributed by atoms with van der Waals surface area (Å²) >= 11 is 0. The SMILES string of the molecule is COc1cc(O)c2cc1C(c1ccc(C(=O)OCCOC3(C)C4CC5CC3CC(C)(C5)C4)cc1)c1cc(c(OC)cc1O)C(c1ccc(C(=O)OCCOC3(C)C4CC5CC3CC(C)(C5)C4)cc1)c1cc(c(CO)cc1O)C(c1ccc(C(=O)OCCOC3(C)C4CC5CC3CC(C)(C5)C4)cc1)c1cc(c(CO)cc1O)C2c1ccc(C(=O)OCCOC2(C)C3CC4CC2CC(C)(C4)C3)cc1. The quantitative estimate of drug-likeness (QED) is 0.0151. The normalized spacial score (nSPS) is 34.6. The number of phenols is 4. The van der Waals surface area contributed by atoms with E-state index in [1.807, 2.05) is 0 Å². The lowest BCUT2D eigenvalue weighted by atomic mass is 9.45. The summed E-state index contributed by atoms with van der Waals surface area (Å²) < 4.78 is 64.3. The molecular formula is C116H136O20. The van der Waals surface area contributed by atoms with Gasteiger partial charge >= 0.3 is 23.9 Å².